The average Bonchev–Trinajstić information content (AvgIpc) is 2.84. The number of halogens is 1. The molecule has 1 N–H and O–H groups in total. The van der Waals surface area contributed by atoms with Crippen LogP contribution in [0.2, 0.25) is 0 Å². The summed E-state index contributed by atoms with van der Waals surface area (Å²) in [6.45, 7) is 1.93. The van der Waals surface area contributed by atoms with Crippen LogP contribution in [-0.4, -0.2) is 44.5 Å². The molecule has 2 rings (SSSR count). The third kappa shape index (κ3) is 3.82. The van der Waals surface area contributed by atoms with Crippen LogP contribution >= 0.6 is 0 Å². The van der Waals surface area contributed by atoms with E-state index >= 15 is 0 Å². The molecule has 0 radical (unpaired) electrons. The van der Waals surface area contributed by atoms with Crippen LogP contribution in [-0.2, 0) is 16.1 Å². The van der Waals surface area contributed by atoms with Crippen molar-refractivity contribution in [2.24, 2.45) is 0 Å². The zero-order valence-electron chi connectivity index (χ0n) is 11.7. The second-order valence-electron chi connectivity index (χ2n) is 4.66. The SMILES string of the molecule is COC(CC(=O)O)Cn1nnnc1-c1cc(C)cc(F)c1. The lowest BCUT2D eigenvalue weighted by Crippen LogP contribution is -2.23. The van der Waals surface area contributed by atoms with Gasteiger partial charge in [-0.25, -0.2) is 9.07 Å². The number of tetrazole rings is 1. The molecule has 0 aliphatic carbocycles. The van der Waals surface area contributed by atoms with Crippen LogP contribution < -0.4 is 0 Å². The number of carboxylic acids is 1. The molecule has 0 amide bonds. The highest BCUT2D eigenvalue weighted by Gasteiger charge is 2.17. The first-order chi connectivity index (χ1) is 9.99. The highest BCUT2D eigenvalue weighted by Crippen LogP contribution is 2.19. The zero-order chi connectivity index (χ0) is 15.4. The van der Waals surface area contributed by atoms with Gasteiger partial charge in [0, 0.05) is 12.7 Å². The van der Waals surface area contributed by atoms with E-state index < -0.39 is 12.1 Å². The van der Waals surface area contributed by atoms with Gasteiger partial charge in [-0.3, -0.25) is 4.79 Å². The number of hydrogen-bond donors (Lipinski definition) is 1. The Hall–Kier alpha value is -2.35. The maximum absolute atomic E-state index is 13.5. The number of aliphatic carboxylic acids is 1. The van der Waals surface area contributed by atoms with E-state index in [2.05, 4.69) is 15.5 Å². The Morgan fingerprint density at radius 3 is 2.86 bits per heavy atom. The fraction of sp³-hybridized carbons (Fsp3) is 0.385. The summed E-state index contributed by atoms with van der Waals surface area (Å²) in [4.78, 5) is 10.8. The van der Waals surface area contributed by atoms with Crippen LogP contribution in [0.25, 0.3) is 11.4 Å². The average molecular weight is 294 g/mol. The van der Waals surface area contributed by atoms with Crippen molar-refractivity contribution in [2.75, 3.05) is 7.11 Å². The summed E-state index contributed by atoms with van der Waals surface area (Å²) in [5.41, 5.74) is 1.27. The van der Waals surface area contributed by atoms with E-state index in [0.29, 0.717) is 11.4 Å². The minimum atomic E-state index is -0.974. The predicted molar refractivity (Wildman–Crippen MR) is 71.0 cm³/mol. The summed E-state index contributed by atoms with van der Waals surface area (Å²) < 4.78 is 20.0. The largest absolute Gasteiger partial charge is 0.481 e. The maximum Gasteiger partial charge on any atom is 0.306 e. The van der Waals surface area contributed by atoms with Gasteiger partial charge in [-0.1, -0.05) is 0 Å². The zero-order valence-corrected chi connectivity index (χ0v) is 11.7. The molecule has 1 aromatic carbocycles. The van der Waals surface area contributed by atoms with E-state index in [0.717, 1.165) is 5.56 Å². The molecule has 0 saturated carbocycles. The number of aromatic nitrogens is 4. The van der Waals surface area contributed by atoms with Crippen LogP contribution in [0.1, 0.15) is 12.0 Å². The molecule has 0 bridgehead atoms. The molecule has 1 unspecified atom stereocenters. The minimum absolute atomic E-state index is 0.167. The van der Waals surface area contributed by atoms with Crippen LogP contribution in [0.4, 0.5) is 4.39 Å². The fourth-order valence-electron chi connectivity index (χ4n) is 2.01. The lowest BCUT2D eigenvalue weighted by Gasteiger charge is -2.13. The molecular formula is C13H15FN4O3. The molecule has 8 heteroatoms. The van der Waals surface area contributed by atoms with Crippen molar-refractivity contribution in [3.05, 3.63) is 29.6 Å². The molecule has 7 nitrogen and oxygen atoms in total. The van der Waals surface area contributed by atoms with E-state index in [9.17, 15) is 9.18 Å². The molecule has 2 aromatic rings. The third-order valence-electron chi connectivity index (χ3n) is 2.94. The number of ether oxygens (including phenoxy) is 1. The van der Waals surface area contributed by atoms with Crippen LogP contribution in [0.15, 0.2) is 18.2 Å². The van der Waals surface area contributed by atoms with E-state index in [1.165, 1.54) is 23.9 Å². The van der Waals surface area contributed by atoms with Crippen molar-refractivity contribution in [3.8, 4) is 11.4 Å². The molecule has 1 heterocycles. The first-order valence-electron chi connectivity index (χ1n) is 6.28. The summed E-state index contributed by atoms with van der Waals surface area (Å²) in [5.74, 6) is -0.989. The monoisotopic (exact) mass is 294 g/mol. The number of nitrogens with zero attached hydrogens (tertiary/aromatic N) is 4. The summed E-state index contributed by atoms with van der Waals surface area (Å²) in [5, 5.41) is 20.0. The second-order valence-corrected chi connectivity index (χ2v) is 4.66. The van der Waals surface area contributed by atoms with Crippen molar-refractivity contribution in [2.45, 2.75) is 26.0 Å². The molecular weight excluding hydrogens is 279 g/mol. The van der Waals surface area contributed by atoms with Crippen molar-refractivity contribution in [3.63, 3.8) is 0 Å². The fourth-order valence-corrected chi connectivity index (χ4v) is 2.01. The van der Waals surface area contributed by atoms with Crippen molar-refractivity contribution in [1.82, 2.24) is 20.2 Å². The van der Waals surface area contributed by atoms with Crippen LogP contribution in [0.5, 0.6) is 0 Å². The molecule has 0 aliphatic heterocycles. The summed E-state index contributed by atoms with van der Waals surface area (Å²) in [7, 11) is 1.42. The number of carboxylic acid groups (broad SMARTS) is 1. The molecule has 112 valence electrons. The normalized spacial score (nSPS) is 12.3. The molecule has 0 saturated heterocycles. The molecule has 0 fully saturated rings. The van der Waals surface area contributed by atoms with Crippen molar-refractivity contribution in [1.29, 1.82) is 0 Å². The number of methoxy groups -OCH3 is 1. The number of benzene rings is 1. The van der Waals surface area contributed by atoms with Gasteiger partial charge in [0.15, 0.2) is 5.82 Å². The van der Waals surface area contributed by atoms with Crippen LogP contribution in [0, 0.1) is 12.7 Å². The predicted octanol–water partition coefficient (Wildman–Crippen LogP) is 1.28. The molecule has 0 spiro atoms. The van der Waals surface area contributed by atoms with Gasteiger partial charge in [0.1, 0.15) is 5.82 Å². The first kappa shape index (κ1) is 15.0. The van der Waals surface area contributed by atoms with E-state index in [1.54, 1.807) is 13.0 Å². The number of hydrogen-bond acceptors (Lipinski definition) is 5. The minimum Gasteiger partial charge on any atom is -0.481 e. The van der Waals surface area contributed by atoms with Gasteiger partial charge in [-0.15, -0.1) is 5.10 Å². The molecule has 0 aliphatic rings. The lowest BCUT2D eigenvalue weighted by molar-refractivity contribution is -0.140. The topological polar surface area (TPSA) is 90.1 Å². The number of carbonyl (C=O) groups is 1. The van der Waals surface area contributed by atoms with E-state index in [-0.39, 0.29) is 18.8 Å². The second kappa shape index (κ2) is 6.40. The van der Waals surface area contributed by atoms with Crippen molar-refractivity contribution >= 4 is 5.97 Å². The standard InChI is InChI=1S/C13H15FN4O3/c1-8-3-9(5-10(14)4-8)13-15-16-17-18(13)7-11(21-2)6-12(19)20/h3-5,11H,6-7H2,1-2H3,(H,19,20). The highest BCUT2D eigenvalue weighted by atomic mass is 19.1. The maximum atomic E-state index is 13.5. The third-order valence-corrected chi connectivity index (χ3v) is 2.94. The Labute approximate surface area is 120 Å². The van der Waals surface area contributed by atoms with E-state index in [1.807, 2.05) is 0 Å². The summed E-state index contributed by atoms with van der Waals surface area (Å²) in [6.07, 6.45) is -0.739. The first-order valence-corrected chi connectivity index (χ1v) is 6.28. The quantitative estimate of drug-likeness (QED) is 0.863. The smallest absolute Gasteiger partial charge is 0.306 e. The van der Waals surface area contributed by atoms with Gasteiger partial charge in [0.25, 0.3) is 0 Å². The molecule has 21 heavy (non-hydrogen) atoms. The van der Waals surface area contributed by atoms with Crippen molar-refractivity contribution < 1.29 is 19.0 Å². The summed E-state index contributed by atoms with van der Waals surface area (Å²) >= 11 is 0. The van der Waals surface area contributed by atoms with Crippen LogP contribution in [0.3, 0.4) is 0 Å². The molecule has 1 atom stereocenters. The molecule has 1 aromatic heterocycles. The Kier molecular flexibility index (Phi) is 4.59. The van der Waals surface area contributed by atoms with E-state index in [4.69, 9.17) is 9.84 Å². The Morgan fingerprint density at radius 1 is 1.48 bits per heavy atom. The Bertz CT molecular complexity index is 624. The Morgan fingerprint density at radius 2 is 2.24 bits per heavy atom. The van der Waals surface area contributed by atoms with Gasteiger partial charge < -0.3 is 9.84 Å². The summed E-state index contributed by atoms with van der Waals surface area (Å²) in [6, 6.07) is 4.48. The number of rotatable bonds is 6. The highest BCUT2D eigenvalue weighted by molar-refractivity contribution is 5.67. The Balaban J connectivity index is 2.27. The van der Waals surface area contributed by atoms with Gasteiger partial charge in [0.05, 0.1) is 19.1 Å². The number of aryl methyl sites for hydroxylation is 1. The van der Waals surface area contributed by atoms with Gasteiger partial charge in [-0.2, -0.15) is 0 Å². The van der Waals surface area contributed by atoms with Gasteiger partial charge in [-0.05, 0) is 41.1 Å². The van der Waals surface area contributed by atoms with Gasteiger partial charge in [0.2, 0.25) is 0 Å². The van der Waals surface area contributed by atoms with Gasteiger partial charge >= 0.3 is 5.97 Å². The lowest BCUT2D eigenvalue weighted by atomic mass is 10.1.